The zero-order valence-corrected chi connectivity index (χ0v) is 17.9. The third-order valence-corrected chi connectivity index (χ3v) is 6.21. The summed E-state index contributed by atoms with van der Waals surface area (Å²) in [4.78, 5) is 28.4. The van der Waals surface area contributed by atoms with Crippen LogP contribution in [0.3, 0.4) is 0 Å². The third kappa shape index (κ3) is 5.60. The first-order valence-corrected chi connectivity index (χ1v) is 11.1. The van der Waals surface area contributed by atoms with E-state index < -0.39 is 29.6 Å². The molecule has 2 amide bonds. The Morgan fingerprint density at radius 2 is 1.88 bits per heavy atom. The van der Waals surface area contributed by atoms with Gasteiger partial charge in [0.15, 0.2) is 0 Å². The number of anilines is 2. The van der Waals surface area contributed by atoms with Crippen molar-refractivity contribution in [1.29, 1.82) is 0 Å². The highest BCUT2D eigenvalue weighted by Crippen LogP contribution is 2.38. The number of ether oxygens (including phenoxy) is 1. The minimum absolute atomic E-state index is 0.0347. The number of morpholine rings is 1. The highest BCUT2D eigenvalue weighted by molar-refractivity contribution is 5.98. The Kier molecular flexibility index (Phi) is 6.73. The van der Waals surface area contributed by atoms with Crippen LogP contribution in [0.4, 0.5) is 24.5 Å². The first kappa shape index (κ1) is 23.0. The molecule has 32 heavy (non-hydrogen) atoms. The van der Waals surface area contributed by atoms with Gasteiger partial charge in [0.2, 0.25) is 5.91 Å². The van der Waals surface area contributed by atoms with Gasteiger partial charge in [-0.15, -0.1) is 0 Å². The second-order valence-electron chi connectivity index (χ2n) is 8.91. The van der Waals surface area contributed by atoms with Crippen LogP contribution in [0, 0.1) is 11.8 Å². The number of hydrogen-bond donors (Lipinski definition) is 2. The topological polar surface area (TPSA) is 87.9 Å². The monoisotopic (exact) mass is 454 g/mol. The smallest absolute Gasteiger partial charge is 0.370 e. The number of nitrogens with two attached hydrogens (primary N) is 1. The number of benzene rings is 1. The van der Waals surface area contributed by atoms with E-state index in [0.29, 0.717) is 11.8 Å². The van der Waals surface area contributed by atoms with Crippen molar-refractivity contribution in [3.8, 4) is 0 Å². The molecule has 0 aromatic heterocycles. The number of alkyl halides is 3. The van der Waals surface area contributed by atoms with E-state index in [9.17, 15) is 22.8 Å². The van der Waals surface area contributed by atoms with Gasteiger partial charge in [0, 0.05) is 31.9 Å². The molecule has 2 saturated carbocycles. The van der Waals surface area contributed by atoms with Gasteiger partial charge in [-0.2, -0.15) is 13.2 Å². The standard InChI is InChI=1S/C22H29F3N4O3/c23-22(24,25)17-9-16(29-7-8-32-13-20(29)30)5-6-18(17)27-21(31)19(10-26)28(11-14-1-2-14)12-15-3-4-15/h5-6,9,14-15,19H,1-4,7-8,10-13,26H2,(H,27,31)/t19-/m1/s1. The number of carbonyl (C=O) groups is 2. The molecule has 0 unspecified atom stereocenters. The summed E-state index contributed by atoms with van der Waals surface area (Å²) >= 11 is 0. The summed E-state index contributed by atoms with van der Waals surface area (Å²) < 4.78 is 46.5. The molecule has 1 atom stereocenters. The minimum Gasteiger partial charge on any atom is -0.370 e. The maximum Gasteiger partial charge on any atom is 0.418 e. The molecule has 176 valence electrons. The van der Waals surface area contributed by atoms with Gasteiger partial charge in [-0.3, -0.25) is 14.5 Å². The normalized spacial score (nSPS) is 20.5. The summed E-state index contributed by atoms with van der Waals surface area (Å²) in [5.74, 6) is 0.132. The van der Waals surface area contributed by atoms with E-state index in [1.165, 1.54) is 17.0 Å². The molecule has 3 N–H and O–H groups in total. The van der Waals surface area contributed by atoms with E-state index in [2.05, 4.69) is 5.32 Å². The lowest BCUT2D eigenvalue weighted by atomic mass is 10.1. The van der Waals surface area contributed by atoms with Crippen LogP contribution in [0.1, 0.15) is 31.2 Å². The molecule has 1 aliphatic heterocycles. The van der Waals surface area contributed by atoms with E-state index in [1.54, 1.807) is 0 Å². The van der Waals surface area contributed by atoms with Crippen molar-refractivity contribution in [2.75, 3.05) is 49.6 Å². The minimum atomic E-state index is -4.70. The molecular formula is C22H29F3N4O3. The van der Waals surface area contributed by atoms with Gasteiger partial charge in [-0.25, -0.2) is 0 Å². The Hall–Kier alpha value is -2.17. The first-order chi connectivity index (χ1) is 15.3. The van der Waals surface area contributed by atoms with Crippen LogP contribution in [0.2, 0.25) is 0 Å². The first-order valence-electron chi connectivity index (χ1n) is 11.1. The summed E-state index contributed by atoms with van der Waals surface area (Å²) in [7, 11) is 0. The molecule has 10 heteroatoms. The van der Waals surface area contributed by atoms with E-state index in [0.717, 1.165) is 44.8 Å². The van der Waals surface area contributed by atoms with E-state index >= 15 is 0 Å². The van der Waals surface area contributed by atoms with Crippen LogP contribution in [0.5, 0.6) is 0 Å². The maximum absolute atomic E-state index is 13.8. The number of halogens is 3. The summed E-state index contributed by atoms with van der Waals surface area (Å²) in [5, 5.41) is 2.47. The molecular weight excluding hydrogens is 425 g/mol. The zero-order chi connectivity index (χ0) is 22.9. The van der Waals surface area contributed by atoms with Crippen LogP contribution in [-0.2, 0) is 20.5 Å². The molecule has 1 aromatic rings. The van der Waals surface area contributed by atoms with Gasteiger partial charge < -0.3 is 20.7 Å². The number of hydrogen-bond acceptors (Lipinski definition) is 5. The van der Waals surface area contributed by atoms with Gasteiger partial charge in [-0.05, 0) is 55.7 Å². The van der Waals surface area contributed by atoms with Gasteiger partial charge in [-0.1, -0.05) is 0 Å². The van der Waals surface area contributed by atoms with Crippen molar-refractivity contribution in [2.24, 2.45) is 17.6 Å². The highest BCUT2D eigenvalue weighted by atomic mass is 19.4. The predicted octanol–water partition coefficient (Wildman–Crippen LogP) is 2.46. The molecule has 2 aliphatic carbocycles. The fourth-order valence-corrected chi connectivity index (χ4v) is 4.07. The van der Waals surface area contributed by atoms with Gasteiger partial charge >= 0.3 is 6.18 Å². The summed E-state index contributed by atoms with van der Waals surface area (Å²) in [6.45, 7) is 1.78. The molecule has 0 spiro atoms. The SMILES string of the molecule is NC[C@H](C(=O)Nc1ccc(N2CCOCC2=O)cc1C(F)(F)F)N(CC1CC1)CC1CC1. The summed E-state index contributed by atoms with van der Waals surface area (Å²) in [5.41, 5.74) is 4.71. The lowest BCUT2D eigenvalue weighted by molar-refractivity contribution is -0.137. The Bertz CT molecular complexity index is 841. The number of nitrogens with one attached hydrogen (secondary N) is 1. The second-order valence-corrected chi connectivity index (χ2v) is 8.91. The van der Waals surface area contributed by atoms with Crippen molar-refractivity contribution >= 4 is 23.2 Å². The number of amides is 2. The predicted molar refractivity (Wildman–Crippen MR) is 113 cm³/mol. The lowest BCUT2D eigenvalue weighted by Crippen LogP contribution is -2.50. The van der Waals surface area contributed by atoms with Gasteiger partial charge in [0.1, 0.15) is 12.6 Å². The average molecular weight is 454 g/mol. The average Bonchev–Trinajstić information content (AvgIpc) is 3.66. The van der Waals surface area contributed by atoms with E-state index in [4.69, 9.17) is 10.5 Å². The third-order valence-electron chi connectivity index (χ3n) is 6.21. The van der Waals surface area contributed by atoms with Crippen molar-refractivity contribution in [2.45, 2.75) is 37.9 Å². The Morgan fingerprint density at radius 3 is 2.41 bits per heavy atom. The van der Waals surface area contributed by atoms with Crippen LogP contribution < -0.4 is 16.0 Å². The molecule has 0 radical (unpaired) electrons. The maximum atomic E-state index is 13.8. The Balaban J connectivity index is 1.54. The molecule has 4 rings (SSSR count). The molecule has 7 nitrogen and oxygen atoms in total. The van der Waals surface area contributed by atoms with E-state index in [-0.39, 0.29) is 37.7 Å². The second kappa shape index (κ2) is 9.36. The number of nitrogens with zero attached hydrogens (tertiary/aromatic N) is 2. The fraction of sp³-hybridized carbons (Fsp3) is 0.636. The van der Waals surface area contributed by atoms with Crippen LogP contribution in [0.25, 0.3) is 0 Å². The van der Waals surface area contributed by atoms with Crippen LogP contribution in [-0.4, -0.2) is 62.1 Å². The molecule has 1 saturated heterocycles. The zero-order valence-electron chi connectivity index (χ0n) is 17.9. The van der Waals surface area contributed by atoms with Crippen LogP contribution >= 0.6 is 0 Å². The number of carbonyl (C=O) groups excluding carboxylic acids is 2. The summed E-state index contributed by atoms with van der Waals surface area (Å²) in [6.07, 6.45) is -0.256. The van der Waals surface area contributed by atoms with E-state index in [1.807, 2.05) is 4.90 Å². The quantitative estimate of drug-likeness (QED) is 0.599. The fourth-order valence-electron chi connectivity index (χ4n) is 4.07. The van der Waals surface area contributed by atoms with Crippen molar-refractivity contribution in [3.05, 3.63) is 23.8 Å². The van der Waals surface area contributed by atoms with Crippen molar-refractivity contribution < 1.29 is 27.5 Å². The molecule has 3 fully saturated rings. The van der Waals surface area contributed by atoms with Gasteiger partial charge in [0.05, 0.1) is 17.9 Å². The molecule has 3 aliphatic rings. The molecule has 1 aromatic carbocycles. The highest BCUT2D eigenvalue weighted by Gasteiger charge is 2.38. The largest absolute Gasteiger partial charge is 0.418 e. The summed E-state index contributed by atoms with van der Waals surface area (Å²) in [6, 6.07) is 2.84. The van der Waals surface area contributed by atoms with Crippen molar-refractivity contribution in [3.63, 3.8) is 0 Å². The molecule has 0 bridgehead atoms. The Labute approximate surface area is 185 Å². The van der Waals surface area contributed by atoms with Crippen LogP contribution in [0.15, 0.2) is 18.2 Å². The Morgan fingerprint density at radius 1 is 1.22 bits per heavy atom. The lowest BCUT2D eigenvalue weighted by Gasteiger charge is -2.31. The molecule has 1 heterocycles. The van der Waals surface area contributed by atoms with Crippen molar-refractivity contribution in [1.82, 2.24) is 4.90 Å². The number of rotatable bonds is 9. The van der Waals surface area contributed by atoms with Gasteiger partial charge in [0.25, 0.3) is 5.91 Å².